The monoisotopic (exact) mass is 694 g/mol. The molecule has 10 nitrogen and oxygen atoms in total. The van der Waals surface area contributed by atoms with Crippen LogP contribution in [0.4, 0.5) is 8.78 Å². The van der Waals surface area contributed by atoms with Crippen LogP contribution in [-0.2, 0) is 36.4 Å². The zero-order valence-electron chi connectivity index (χ0n) is 28.0. The molecule has 1 saturated carbocycles. The first-order valence-electron chi connectivity index (χ1n) is 15.8. The van der Waals surface area contributed by atoms with E-state index < -0.39 is 64.2 Å². The van der Waals surface area contributed by atoms with Crippen molar-refractivity contribution in [2.24, 2.45) is 0 Å². The highest BCUT2D eigenvalue weighted by atomic mass is 32.2. The highest BCUT2D eigenvalue weighted by molar-refractivity contribution is 7.88. The Morgan fingerprint density at radius 1 is 0.980 bits per heavy atom. The Kier molecular flexibility index (Phi) is 8.97. The number of rotatable bonds is 10. The number of hydrogen-bond acceptors (Lipinski definition) is 8. The summed E-state index contributed by atoms with van der Waals surface area (Å²) in [6.45, 7) is 6.86. The van der Waals surface area contributed by atoms with Crippen molar-refractivity contribution in [1.29, 1.82) is 0 Å². The van der Waals surface area contributed by atoms with Gasteiger partial charge in [-0.15, -0.1) is 0 Å². The molecule has 1 saturated heterocycles. The van der Waals surface area contributed by atoms with E-state index in [4.69, 9.17) is 18.5 Å². The van der Waals surface area contributed by atoms with Crippen LogP contribution >= 0.6 is 0 Å². The maximum Gasteiger partial charge on any atom is 0.495 e. The fraction of sp³-hybridized carbons (Fsp3) is 0.371. The average Bonchev–Trinajstić information content (AvgIpc) is 3.78. The van der Waals surface area contributed by atoms with Crippen LogP contribution in [0.3, 0.4) is 0 Å². The Morgan fingerprint density at radius 2 is 1.63 bits per heavy atom. The maximum absolute atomic E-state index is 15.5. The summed E-state index contributed by atoms with van der Waals surface area (Å²) in [6.07, 6.45) is 1.70. The van der Waals surface area contributed by atoms with Gasteiger partial charge >= 0.3 is 13.1 Å². The number of hydrogen-bond donors (Lipinski definition) is 2. The van der Waals surface area contributed by atoms with Gasteiger partial charge in [0.1, 0.15) is 23.0 Å². The topological polar surface area (TPSA) is 133 Å². The average molecular weight is 695 g/mol. The molecule has 2 fully saturated rings. The van der Waals surface area contributed by atoms with Gasteiger partial charge in [-0.2, -0.15) is 0 Å². The van der Waals surface area contributed by atoms with Gasteiger partial charge in [-0.1, -0.05) is 0 Å². The normalized spacial score (nSPS) is 17.0. The molecule has 49 heavy (non-hydrogen) atoms. The number of nitrogens with one attached hydrogen (secondary N) is 2. The first-order valence-corrected chi connectivity index (χ1v) is 17.5. The van der Waals surface area contributed by atoms with Crippen LogP contribution in [0, 0.1) is 11.6 Å². The lowest BCUT2D eigenvalue weighted by Crippen LogP contribution is -2.41. The van der Waals surface area contributed by atoms with Gasteiger partial charge < -0.3 is 23.8 Å². The van der Waals surface area contributed by atoms with Crippen molar-refractivity contribution in [1.82, 2.24) is 10.0 Å². The van der Waals surface area contributed by atoms with E-state index in [0.717, 1.165) is 24.5 Å². The Balaban J connectivity index is 1.30. The van der Waals surface area contributed by atoms with Gasteiger partial charge in [0.05, 0.1) is 35.2 Å². The summed E-state index contributed by atoms with van der Waals surface area (Å²) in [6, 6.07) is 11.3. The molecule has 258 valence electrons. The molecular weight excluding hydrogens is 657 g/mol. The van der Waals surface area contributed by atoms with Crippen molar-refractivity contribution in [3.05, 3.63) is 88.0 Å². The van der Waals surface area contributed by atoms with Crippen LogP contribution in [0.5, 0.6) is 0 Å². The molecule has 2 heterocycles. The fourth-order valence-corrected chi connectivity index (χ4v) is 7.06. The number of ether oxygens (including phenoxy) is 1. The number of sulfonamides is 1. The number of halogens is 2. The SMILES string of the molecule is CNC(=O)c1c(-c2ccc(F)cc2)oc2cc(CS(=O)(=O)NCc3cc(C(=O)OC)c(B4OC(C)(C)C(C)(C)O4)cc3F)c(C3CC3)cc12. The van der Waals surface area contributed by atoms with E-state index in [9.17, 15) is 22.4 Å². The number of methoxy groups -OCH3 is 1. The first kappa shape index (κ1) is 34.7. The fourth-order valence-electron chi connectivity index (χ4n) is 5.92. The van der Waals surface area contributed by atoms with Gasteiger partial charge in [0.2, 0.25) is 10.0 Å². The molecule has 4 aromatic rings. The summed E-state index contributed by atoms with van der Waals surface area (Å²) < 4.78 is 81.8. The standard InChI is InChI=1S/C35H37BF2N2O8S/c1-34(2)35(3,4)48-36(47-34)27-16-28(38)21(13-25(27)33(42)45-6)17-40-49(43,44)18-22-14-29-26(15-24(22)19-7-8-19)30(32(41)39-5)31(46-29)20-9-11-23(37)12-10-20/h9-16,19,40H,7-8,17-18H2,1-6H3,(H,39,41). The number of esters is 1. The van der Waals surface area contributed by atoms with Gasteiger partial charge in [0, 0.05) is 30.1 Å². The Hall–Kier alpha value is -4.11. The first-order chi connectivity index (χ1) is 23.0. The van der Waals surface area contributed by atoms with Crippen molar-refractivity contribution >= 4 is 45.5 Å². The van der Waals surface area contributed by atoms with Crippen molar-refractivity contribution in [3.8, 4) is 11.3 Å². The minimum absolute atomic E-state index is 0.0141. The van der Waals surface area contributed by atoms with E-state index in [0.29, 0.717) is 22.1 Å². The Bertz CT molecular complexity index is 2060. The second-order valence-corrected chi connectivity index (χ2v) is 15.2. The summed E-state index contributed by atoms with van der Waals surface area (Å²) in [5, 5.41) is 3.13. The molecule has 1 aliphatic carbocycles. The van der Waals surface area contributed by atoms with Gasteiger partial charge in [-0.05, 0) is 112 Å². The Morgan fingerprint density at radius 3 is 2.22 bits per heavy atom. The molecular formula is C35H37BF2N2O8S. The number of amides is 1. The van der Waals surface area contributed by atoms with Crippen LogP contribution in [0.25, 0.3) is 22.3 Å². The summed E-state index contributed by atoms with van der Waals surface area (Å²) in [5.74, 6) is -2.49. The molecule has 1 aromatic heterocycles. The quantitative estimate of drug-likeness (QED) is 0.169. The molecule has 0 spiro atoms. The smallest absolute Gasteiger partial charge is 0.465 e. The second-order valence-electron chi connectivity index (χ2n) is 13.4. The largest absolute Gasteiger partial charge is 0.495 e. The van der Waals surface area contributed by atoms with E-state index >= 15 is 4.39 Å². The summed E-state index contributed by atoms with van der Waals surface area (Å²) >= 11 is 0. The molecule has 0 unspecified atom stereocenters. The van der Waals surface area contributed by atoms with E-state index in [1.165, 1.54) is 44.5 Å². The van der Waals surface area contributed by atoms with Crippen molar-refractivity contribution in [3.63, 3.8) is 0 Å². The van der Waals surface area contributed by atoms with Crippen molar-refractivity contribution < 1.29 is 45.3 Å². The van der Waals surface area contributed by atoms with Crippen LogP contribution in [-0.4, -0.2) is 52.8 Å². The molecule has 0 radical (unpaired) electrons. The summed E-state index contributed by atoms with van der Waals surface area (Å²) in [4.78, 5) is 25.8. The second kappa shape index (κ2) is 12.7. The molecule has 14 heteroatoms. The highest BCUT2D eigenvalue weighted by Gasteiger charge is 2.52. The predicted molar refractivity (Wildman–Crippen MR) is 180 cm³/mol. The Labute approximate surface area is 283 Å². The molecule has 0 atom stereocenters. The lowest BCUT2D eigenvalue weighted by molar-refractivity contribution is 0.00578. The third-order valence-corrected chi connectivity index (χ3v) is 10.8. The molecule has 2 aliphatic rings. The third-order valence-electron chi connectivity index (χ3n) is 9.49. The van der Waals surface area contributed by atoms with E-state index in [1.807, 2.05) is 27.7 Å². The lowest BCUT2D eigenvalue weighted by atomic mass is 9.75. The van der Waals surface area contributed by atoms with Crippen LogP contribution in [0.2, 0.25) is 0 Å². The lowest BCUT2D eigenvalue weighted by Gasteiger charge is -2.32. The third kappa shape index (κ3) is 6.74. The molecule has 2 N–H and O–H groups in total. The summed E-state index contributed by atoms with van der Waals surface area (Å²) in [5.41, 5.74) is 0.814. The molecule has 6 rings (SSSR count). The highest BCUT2D eigenvalue weighted by Crippen LogP contribution is 2.45. The zero-order valence-corrected chi connectivity index (χ0v) is 28.8. The van der Waals surface area contributed by atoms with Crippen LogP contribution in [0.1, 0.15) is 83.9 Å². The van der Waals surface area contributed by atoms with E-state index in [-0.39, 0.29) is 33.8 Å². The van der Waals surface area contributed by atoms with Gasteiger partial charge in [-0.25, -0.2) is 26.7 Å². The van der Waals surface area contributed by atoms with E-state index in [1.54, 1.807) is 12.1 Å². The van der Waals surface area contributed by atoms with Gasteiger partial charge in [0.25, 0.3) is 5.91 Å². The minimum Gasteiger partial charge on any atom is -0.465 e. The predicted octanol–water partition coefficient (Wildman–Crippen LogP) is 5.32. The van der Waals surface area contributed by atoms with E-state index in [2.05, 4.69) is 10.0 Å². The van der Waals surface area contributed by atoms with Crippen LogP contribution < -0.4 is 15.5 Å². The molecule has 3 aromatic carbocycles. The maximum atomic E-state index is 15.5. The number of fused-ring (bicyclic) bond motifs is 1. The zero-order chi connectivity index (χ0) is 35.5. The minimum atomic E-state index is -4.07. The van der Waals surface area contributed by atoms with Crippen molar-refractivity contribution in [2.45, 2.75) is 70.0 Å². The molecule has 0 bridgehead atoms. The molecule has 1 amide bonds. The number of carbonyl (C=O) groups is 2. The summed E-state index contributed by atoms with van der Waals surface area (Å²) in [7, 11) is -2.44. The van der Waals surface area contributed by atoms with Crippen molar-refractivity contribution in [2.75, 3.05) is 14.2 Å². The molecule has 1 aliphatic heterocycles. The number of benzene rings is 3. The number of carbonyl (C=O) groups excluding carboxylic acids is 2. The number of furan rings is 1. The van der Waals surface area contributed by atoms with Gasteiger partial charge in [-0.3, -0.25) is 4.79 Å². The van der Waals surface area contributed by atoms with Gasteiger partial charge in [0.15, 0.2) is 0 Å². The van der Waals surface area contributed by atoms with Crippen LogP contribution in [0.15, 0.2) is 52.9 Å².